The van der Waals surface area contributed by atoms with E-state index >= 15 is 0 Å². The van der Waals surface area contributed by atoms with E-state index in [2.05, 4.69) is 17.0 Å². The van der Waals surface area contributed by atoms with Crippen LogP contribution in [0.5, 0.6) is 0 Å². The van der Waals surface area contributed by atoms with E-state index in [9.17, 15) is 4.79 Å². The van der Waals surface area contributed by atoms with Crippen molar-refractivity contribution in [3.05, 3.63) is 65.7 Å². The molecule has 1 saturated carbocycles. The molecule has 1 fully saturated rings. The first-order valence-corrected chi connectivity index (χ1v) is 11.1. The predicted molar refractivity (Wildman–Crippen MR) is 123 cm³/mol. The van der Waals surface area contributed by atoms with Gasteiger partial charge in [0.05, 0.1) is 11.8 Å². The van der Waals surface area contributed by atoms with Gasteiger partial charge in [0.2, 0.25) is 0 Å². The lowest BCUT2D eigenvalue weighted by Crippen LogP contribution is -2.56. The predicted octanol–water partition coefficient (Wildman–Crippen LogP) is 3.49. The molecule has 0 radical (unpaired) electrons. The normalized spacial score (nSPS) is 23.3. The molecule has 1 heterocycles. The average molecular weight is 405 g/mol. The van der Waals surface area contributed by atoms with Gasteiger partial charge in [-0.2, -0.15) is 0 Å². The molecular weight excluding hydrogens is 372 g/mol. The van der Waals surface area contributed by atoms with Crippen molar-refractivity contribution in [2.45, 2.75) is 57.3 Å². The molecule has 4 N–H and O–H groups in total. The first kappa shape index (κ1) is 20.8. The Hall–Kier alpha value is -2.50. The first-order valence-electron chi connectivity index (χ1n) is 11.1. The van der Waals surface area contributed by atoms with Gasteiger partial charge in [-0.15, -0.1) is 0 Å². The SMILES string of the molecule is CC(N)C(=O)C1N=C(c2ccccc2)c2ccccc2N(CC2CCCCC2)C1N. The third kappa shape index (κ3) is 4.18. The largest absolute Gasteiger partial charge is 0.353 e. The van der Waals surface area contributed by atoms with Gasteiger partial charge in [0, 0.05) is 23.4 Å². The Morgan fingerprint density at radius 1 is 1.07 bits per heavy atom. The number of hydrogen-bond acceptors (Lipinski definition) is 5. The van der Waals surface area contributed by atoms with E-state index in [1.807, 2.05) is 42.5 Å². The molecule has 2 aromatic rings. The van der Waals surface area contributed by atoms with E-state index in [0.717, 1.165) is 29.1 Å². The van der Waals surface area contributed by atoms with Crippen molar-refractivity contribution < 1.29 is 4.79 Å². The number of carbonyl (C=O) groups is 1. The summed E-state index contributed by atoms with van der Waals surface area (Å²) in [6, 6.07) is 17.0. The van der Waals surface area contributed by atoms with Crippen molar-refractivity contribution in [2.75, 3.05) is 11.4 Å². The molecule has 3 atom stereocenters. The molecule has 30 heavy (non-hydrogen) atoms. The van der Waals surface area contributed by atoms with Gasteiger partial charge in [-0.1, -0.05) is 67.8 Å². The zero-order valence-corrected chi connectivity index (χ0v) is 17.7. The van der Waals surface area contributed by atoms with Crippen LogP contribution in [0.3, 0.4) is 0 Å². The fourth-order valence-corrected chi connectivity index (χ4v) is 4.74. The van der Waals surface area contributed by atoms with Gasteiger partial charge in [-0.3, -0.25) is 9.79 Å². The number of anilines is 1. The second kappa shape index (κ2) is 9.11. The maximum Gasteiger partial charge on any atom is 0.177 e. The van der Waals surface area contributed by atoms with Crippen LogP contribution in [0.15, 0.2) is 59.6 Å². The summed E-state index contributed by atoms with van der Waals surface area (Å²) in [6.07, 6.45) is 5.74. The molecular formula is C25H32N4O. The van der Waals surface area contributed by atoms with E-state index < -0.39 is 18.2 Å². The van der Waals surface area contributed by atoms with Crippen LogP contribution in [-0.2, 0) is 4.79 Å². The van der Waals surface area contributed by atoms with E-state index in [1.54, 1.807) is 6.92 Å². The summed E-state index contributed by atoms with van der Waals surface area (Å²) in [4.78, 5) is 20.3. The lowest BCUT2D eigenvalue weighted by Gasteiger charge is -2.37. The highest BCUT2D eigenvalue weighted by molar-refractivity contribution is 6.17. The molecule has 2 aliphatic rings. The fourth-order valence-electron chi connectivity index (χ4n) is 4.74. The molecule has 4 rings (SSSR count). The van der Waals surface area contributed by atoms with Crippen LogP contribution in [-0.4, -0.2) is 36.3 Å². The number of rotatable bonds is 5. The Balaban J connectivity index is 1.82. The van der Waals surface area contributed by atoms with Gasteiger partial charge in [-0.05, 0) is 31.7 Å². The molecule has 1 aliphatic heterocycles. The van der Waals surface area contributed by atoms with Gasteiger partial charge in [-0.25, -0.2) is 0 Å². The number of ketones is 1. The standard InChI is InChI=1S/C25H32N4O/c1-17(26)24(30)23-25(27)29(16-18-10-4-2-5-11-18)21-15-9-8-14-20(21)22(28-23)19-12-6-3-7-13-19/h3,6-9,12-15,17-18,23,25H,2,4-5,10-11,16,26-27H2,1H3. The highest BCUT2D eigenvalue weighted by Crippen LogP contribution is 2.33. The number of hydrogen-bond donors (Lipinski definition) is 2. The van der Waals surface area contributed by atoms with Crippen molar-refractivity contribution in [3.63, 3.8) is 0 Å². The van der Waals surface area contributed by atoms with Crippen molar-refractivity contribution in [1.29, 1.82) is 0 Å². The van der Waals surface area contributed by atoms with E-state index in [0.29, 0.717) is 5.92 Å². The molecule has 158 valence electrons. The summed E-state index contributed by atoms with van der Waals surface area (Å²) in [5, 5.41) is 0. The minimum absolute atomic E-state index is 0.114. The molecule has 0 bridgehead atoms. The molecule has 0 aromatic heterocycles. The van der Waals surface area contributed by atoms with Crippen molar-refractivity contribution in [1.82, 2.24) is 0 Å². The van der Waals surface area contributed by atoms with Gasteiger partial charge >= 0.3 is 0 Å². The van der Waals surface area contributed by atoms with Crippen LogP contribution < -0.4 is 16.4 Å². The van der Waals surface area contributed by atoms with Crippen LogP contribution in [0.2, 0.25) is 0 Å². The highest BCUT2D eigenvalue weighted by atomic mass is 16.1. The molecule has 5 heteroatoms. The topological polar surface area (TPSA) is 84.7 Å². The Bertz CT molecular complexity index is 902. The Morgan fingerprint density at radius 2 is 1.73 bits per heavy atom. The second-order valence-electron chi connectivity index (χ2n) is 8.64. The third-order valence-corrected chi connectivity index (χ3v) is 6.39. The van der Waals surface area contributed by atoms with Gasteiger partial charge in [0.25, 0.3) is 0 Å². The number of carbonyl (C=O) groups excluding carboxylic acids is 1. The van der Waals surface area contributed by atoms with Gasteiger partial charge < -0.3 is 16.4 Å². The van der Waals surface area contributed by atoms with E-state index in [-0.39, 0.29) is 5.78 Å². The third-order valence-electron chi connectivity index (χ3n) is 6.39. The maximum absolute atomic E-state index is 13.1. The highest BCUT2D eigenvalue weighted by Gasteiger charge is 2.37. The van der Waals surface area contributed by atoms with E-state index in [1.165, 1.54) is 32.1 Å². The number of aliphatic imine (C=N–C) groups is 1. The monoisotopic (exact) mass is 404 g/mol. The van der Waals surface area contributed by atoms with Gasteiger partial charge in [0.15, 0.2) is 5.78 Å². The van der Waals surface area contributed by atoms with Crippen LogP contribution in [0.25, 0.3) is 0 Å². The number of benzene rings is 2. The van der Waals surface area contributed by atoms with Crippen LogP contribution in [0.1, 0.15) is 50.2 Å². The van der Waals surface area contributed by atoms with Crippen molar-refractivity contribution in [3.8, 4) is 0 Å². The molecule has 1 aliphatic carbocycles. The lowest BCUT2D eigenvalue weighted by molar-refractivity contribution is -0.121. The summed E-state index contributed by atoms with van der Waals surface area (Å²) < 4.78 is 0. The van der Waals surface area contributed by atoms with Crippen molar-refractivity contribution in [2.24, 2.45) is 22.4 Å². The molecule has 3 unspecified atom stereocenters. The molecule has 0 spiro atoms. The summed E-state index contributed by atoms with van der Waals surface area (Å²) >= 11 is 0. The zero-order chi connectivity index (χ0) is 21.1. The second-order valence-corrected chi connectivity index (χ2v) is 8.64. The fraction of sp³-hybridized carbons (Fsp3) is 0.440. The first-order chi connectivity index (χ1) is 14.6. The van der Waals surface area contributed by atoms with Crippen molar-refractivity contribution >= 4 is 17.2 Å². The van der Waals surface area contributed by atoms with Crippen LogP contribution >= 0.6 is 0 Å². The van der Waals surface area contributed by atoms with Gasteiger partial charge in [0.1, 0.15) is 12.2 Å². The number of para-hydroxylation sites is 1. The minimum atomic E-state index is -0.698. The average Bonchev–Trinajstić information content (AvgIpc) is 2.90. The number of nitrogens with two attached hydrogens (primary N) is 2. The maximum atomic E-state index is 13.1. The number of fused-ring (bicyclic) bond motifs is 1. The van der Waals surface area contributed by atoms with Crippen LogP contribution in [0, 0.1) is 5.92 Å². The smallest absolute Gasteiger partial charge is 0.177 e. The zero-order valence-electron chi connectivity index (χ0n) is 17.7. The van der Waals surface area contributed by atoms with Crippen LogP contribution in [0.4, 0.5) is 5.69 Å². The lowest BCUT2D eigenvalue weighted by atomic mass is 9.88. The minimum Gasteiger partial charge on any atom is -0.353 e. The quantitative estimate of drug-likeness (QED) is 0.799. The number of nitrogens with zero attached hydrogens (tertiary/aromatic N) is 2. The Kier molecular flexibility index (Phi) is 6.30. The summed E-state index contributed by atoms with van der Waals surface area (Å²) in [7, 11) is 0. The summed E-state index contributed by atoms with van der Waals surface area (Å²) in [6.45, 7) is 2.56. The Morgan fingerprint density at radius 3 is 2.43 bits per heavy atom. The summed E-state index contributed by atoms with van der Waals surface area (Å²) in [5.41, 5.74) is 16.7. The summed E-state index contributed by atoms with van der Waals surface area (Å²) in [5.74, 6) is 0.472. The molecule has 2 aromatic carbocycles. The Labute approximate surface area is 179 Å². The van der Waals surface area contributed by atoms with E-state index in [4.69, 9.17) is 16.5 Å². The molecule has 0 amide bonds. The molecule has 5 nitrogen and oxygen atoms in total. The number of Topliss-reactive ketones (excluding diaryl/α,β-unsaturated/α-hetero) is 1. The number of benzodiazepines with no additional fused rings is 1. The molecule has 0 saturated heterocycles.